The Bertz CT molecular complexity index is 773. The Morgan fingerprint density at radius 1 is 1.32 bits per heavy atom. The van der Waals surface area contributed by atoms with Crippen molar-refractivity contribution in [2.45, 2.75) is 45.7 Å². The van der Waals surface area contributed by atoms with Crippen molar-refractivity contribution in [3.8, 4) is 0 Å². The maximum Gasteiger partial charge on any atom is 0.256 e. The number of rotatable bonds is 8. The molecule has 3 rings (SSSR count). The molecule has 7 heteroatoms. The molecule has 3 heterocycles. The lowest BCUT2D eigenvalue weighted by Gasteiger charge is -2.24. The van der Waals surface area contributed by atoms with Crippen LogP contribution in [0, 0.1) is 0 Å². The number of aromatic nitrogens is 1. The van der Waals surface area contributed by atoms with Crippen LogP contribution in [0.1, 0.15) is 49.2 Å². The monoisotopic (exact) mass is 384 g/mol. The summed E-state index contributed by atoms with van der Waals surface area (Å²) in [6.07, 6.45) is 5.71. The fraction of sp³-hybridized carbons (Fsp3) is 0.476. The van der Waals surface area contributed by atoms with Crippen molar-refractivity contribution in [1.29, 1.82) is 0 Å². The average Bonchev–Trinajstić information content (AvgIpc) is 3.42. The number of likely N-dealkylation sites (tertiary alicyclic amines) is 1. The molecule has 0 aromatic carbocycles. The Hall–Kier alpha value is -2.83. The van der Waals surface area contributed by atoms with Crippen molar-refractivity contribution in [2.24, 2.45) is 0 Å². The Morgan fingerprint density at radius 2 is 2.18 bits per heavy atom. The molecule has 0 radical (unpaired) electrons. The normalized spacial score (nSPS) is 16.2. The van der Waals surface area contributed by atoms with Crippen LogP contribution in [-0.4, -0.2) is 47.4 Å². The van der Waals surface area contributed by atoms with Crippen LogP contribution in [-0.2, 0) is 11.3 Å². The summed E-state index contributed by atoms with van der Waals surface area (Å²) >= 11 is 0. The summed E-state index contributed by atoms with van der Waals surface area (Å²) in [7, 11) is 0. The highest BCUT2D eigenvalue weighted by Gasteiger charge is 2.34. The smallest absolute Gasteiger partial charge is 0.256 e. The first-order valence-corrected chi connectivity index (χ1v) is 9.96. The number of nitrogens with zero attached hydrogens (tertiary/aromatic N) is 3. The van der Waals surface area contributed by atoms with Gasteiger partial charge in [0.25, 0.3) is 5.91 Å². The van der Waals surface area contributed by atoms with Gasteiger partial charge in [-0.15, -0.1) is 0 Å². The van der Waals surface area contributed by atoms with Crippen LogP contribution in [0.2, 0.25) is 0 Å². The molecule has 150 valence electrons. The maximum absolute atomic E-state index is 12.9. The molecule has 1 atom stereocenters. The van der Waals surface area contributed by atoms with Crippen LogP contribution in [0.5, 0.6) is 0 Å². The van der Waals surface area contributed by atoms with Crippen LogP contribution >= 0.6 is 0 Å². The first kappa shape index (κ1) is 19.9. The maximum atomic E-state index is 12.9. The van der Waals surface area contributed by atoms with Gasteiger partial charge in [0.2, 0.25) is 5.91 Å². The average molecular weight is 384 g/mol. The lowest BCUT2D eigenvalue weighted by molar-refractivity contribution is -0.125. The molecule has 2 aromatic rings. The molecule has 2 amide bonds. The number of hydrogen-bond acceptors (Lipinski definition) is 5. The SMILES string of the molecule is CCCN(CC)c1ccc(C(=O)N2CCCC2C(=O)NCc2ccco2)cn1. The zero-order chi connectivity index (χ0) is 19.9. The summed E-state index contributed by atoms with van der Waals surface area (Å²) in [4.78, 5) is 33.8. The highest BCUT2D eigenvalue weighted by Crippen LogP contribution is 2.21. The Kier molecular flexibility index (Phi) is 6.68. The van der Waals surface area contributed by atoms with Gasteiger partial charge >= 0.3 is 0 Å². The van der Waals surface area contributed by atoms with E-state index in [9.17, 15) is 9.59 Å². The second kappa shape index (κ2) is 9.39. The summed E-state index contributed by atoms with van der Waals surface area (Å²) in [5.74, 6) is 1.27. The number of pyridine rings is 1. The van der Waals surface area contributed by atoms with Crippen molar-refractivity contribution in [2.75, 3.05) is 24.5 Å². The summed E-state index contributed by atoms with van der Waals surface area (Å²) < 4.78 is 5.24. The van der Waals surface area contributed by atoms with E-state index in [0.717, 1.165) is 31.7 Å². The molecule has 1 aliphatic rings. The minimum Gasteiger partial charge on any atom is -0.467 e. The summed E-state index contributed by atoms with van der Waals surface area (Å²) in [5, 5.41) is 2.86. The predicted molar refractivity (Wildman–Crippen MR) is 107 cm³/mol. The molecule has 0 bridgehead atoms. The van der Waals surface area contributed by atoms with Crippen molar-refractivity contribution in [3.05, 3.63) is 48.0 Å². The molecule has 1 N–H and O–H groups in total. The number of furan rings is 1. The van der Waals surface area contributed by atoms with E-state index in [-0.39, 0.29) is 11.8 Å². The van der Waals surface area contributed by atoms with Crippen molar-refractivity contribution < 1.29 is 14.0 Å². The quantitative estimate of drug-likeness (QED) is 0.757. The van der Waals surface area contributed by atoms with E-state index in [1.54, 1.807) is 29.5 Å². The highest BCUT2D eigenvalue weighted by molar-refractivity contribution is 5.97. The van der Waals surface area contributed by atoms with Crippen molar-refractivity contribution in [3.63, 3.8) is 0 Å². The lowest BCUT2D eigenvalue weighted by Crippen LogP contribution is -2.45. The Balaban J connectivity index is 1.64. The number of anilines is 1. The summed E-state index contributed by atoms with van der Waals surface area (Å²) in [6.45, 7) is 6.93. The van der Waals surface area contributed by atoms with Crippen LogP contribution in [0.3, 0.4) is 0 Å². The molecule has 7 nitrogen and oxygen atoms in total. The highest BCUT2D eigenvalue weighted by atomic mass is 16.3. The Labute approximate surface area is 165 Å². The first-order valence-electron chi connectivity index (χ1n) is 9.96. The fourth-order valence-corrected chi connectivity index (χ4v) is 3.56. The second-order valence-electron chi connectivity index (χ2n) is 6.94. The van der Waals surface area contributed by atoms with Gasteiger partial charge in [-0.1, -0.05) is 6.92 Å². The van der Waals surface area contributed by atoms with E-state index in [0.29, 0.717) is 30.8 Å². The van der Waals surface area contributed by atoms with Crippen molar-refractivity contribution in [1.82, 2.24) is 15.2 Å². The topological polar surface area (TPSA) is 78.7 Å². The van der Waals surface area contributed by atoms with Gasteiger partial charge in [-0.3, -0.25) is 9.59 Å². The molecule has 28 heavy (non-hydrogen) atoms. The van der Waals surface area contributed by atoms with E-state index >= 15 is 0 Å². The molecular weight excluding hydrogens is 356 g/mol. The van der Waals surface area contributed by atoms with Crippen LogP contribution in [0.4, 0.5) is 5.82 Å². The van der Waals surface area contributed by atoms with Gasteiger partial charge in [0, 0.05) is 25.8 Å². The number of carbonyl (C=O) groups excluding carboxylic acids is 2. The van der Waals surface area contributed by atoms with Gasteiger partial charge in [-0.2, -0.15) is 0 Å². The third kappa shape index (κ3) is 4.52. The lowest BCUT2D eigenvalue weighted by atomic mass is 10.1. The molecule has 0 saturated carbocycles. The minimum atomic E-state index is -0.450. The van der Waals surface area contributed by atoms with Gasteiger partial charge in [-0.25, -0.2) is 4.98 Å². The fourth-order valence-electron chi connectivity index (χ4n) is 3.56. The third-order valence-electron chi connectivity index (χ3n) is 5.03. The molecule has 1 unspecified atom stereocenters. The zero-order valence-corrected chi connectivity index (χ0v) is 16.6. The molecular formula is C21H28N4O3. The molecule has 1 saturated heterocycles. The predicted octanol–water partition coefficient (Wildman–Crippen LogP) is 2.83. The van der Waals surface area contributed by atoms with E-state index in [1.807, 2.05) is 12.1 Å². The van der Waals surface area contributed by atoms with Crippen molar-refractivity contribution >= 4 is 17.6 Å². The molecule has 1 fully saturated rings. The van der Waals surface area contributed by atoms with Gasteiger partial charge in [0.05, 0.1) is 18.4 Å². The molecule has 2 aromatic heterocycles. The summed E-state index contributed by atoms with van der Waals surface area (Å²) in [6, 6.07) is 6.83. The summed E-state index contributed by atoms with van der Waals surface area (Å²) in [5.41, 5.74) is 0.516. The minimum absolute atomic E-state index is 0.145. The number of nitrogens with one attached hydrogen (secondary N) is 1. The van der Waals surface area contributed by atoms with Gasteiger partial charge in [-0.05, 0) is 50.5 Å². The standard InChI is InChI=1S/C21H28N4O3/c1-3-11-24(4-2)19-10-9-16(14-22-19)21(27)25-12-5-8-18(25)20(26)23-15-17-7-6-13-28-17/h6-7,9-10,13-14,18H,3-5,8,11-12,15H2,1-2H3,(H,23,26). The third-order valence-corrected chi connectivity index (χ3v) is 5.03. The van der Waals surface area contributed by atoms with E-state index in [1.165, 1.54) is 0 Å². The largest absolute Gasteiger partial charge is 0.467 e. The van der Waals surface area contributed by atoms with E-state index in [2.05, 4.69) is 29.0 Å². The Morgan fingerprint density at radius 3 is 2.82 bits per heavy atom. The van der Waals surface area contributed by atoms with Crippen LogP contribution in [0.25, 0.3) is 0 Å². The van der Waals surface area contributed by atoms with Gasteiger partial charge in [0.1, 0.15) is 17.6 Å². The number of carbonyl (C=O) groups is 2. The first-order chi connectivity index (χ1) is 13.6. The second-order valence-corrected chi connectivity index (χ2v) is 6.94. The molecule has 0 spiro atoms. The van der Waals surface area contributed by atoms with E-state index < -0.39 is 6.04 Å². The number of amides is 2. The van der Waals surface area contributed by atoms with Crippen LogP contribution < -0.4 is 10.2 Å². The molecule has 1 aliphatic heterocycles. The van der Waals surface area contributed by atoms with Gasteiger partial charge in [0.15, 0.2) is 0 Å². The zero-order valence-electron chi connectivity index (χ0n) is 16.6. The van der Waals surface area contributed by atoms with E-state index in [4.69, 9.17) is 4.42 Å². The van der Waals surface area contributed by atoms with Gasteiger partial charge < -0.3 is 19.5 Å². The number of hydrogen-bond donors (Lipinski definition) is 1. The van der Waals surface area contributed by atoms with Crippen LogP contribution in [0.15, 0.2) is 41.1 Å². The molecule has 0 aliphatic carbocycles.